The molecule has 2 aromatic heterocycles. The summed E-state index contributed by atoms with van der Waals surface area (Å²) in [6.45, 7) is -3.98. The Morgan fingerprint density at radius 1 is 1.12 bits per heavy atom. The Bertz CT molecular complexity index is 1550. The van der Waals surface area contributed by atoms with Crippen molar-refractivity contribution >= 4 is 77.4 Å². The van der Waals surface area contributed by atoms with Crippen molar-refractivity contribution in [1.82, 2.24) is 30.1 Å². The summed E-state index contributed by atoms with van der Waals surface area (Å²) in [7, 11) is 0. The zero-order chi connectivity index (χ0) is 30.1. The summed E-state index contributed by atoms with van der Waals surface area (Å²) in [4.78, 5) is 38.0. The van der Waals surface area contributed by atoms with Gasteiger partial charge in [0.15, 0.2) is 12.3 Å². The fourth-order valence-electron chi connectivity index (χ4n) is 5.83. The second-order valence-electron chi connectivity index (χ2n) is 10.5. The van der Waals surface area contributed by atoms with Gasteiger partial charge in [0.25, 0.3) is 5.91 Å². The Morgan fingerprint density at radius 3 is 2.79 bits per heavy atom. The summed E-state index contributed by atoms with van der Waals surface area (Å²) < 4.78 is 38.5. The highest BCUT2D eigenvalue weighted by molar-refractivity contribution is 8.60. The van der Waals surface area contributed by atoms with Gasteiger partial charge in [0, 0.05) is 19.0 Å². The van der Waals surface area contributed by atoms with E-state index >= 15 is 0 Å². The number of amides is 1. The first kappa shape index (κ1) is 30.3. The van der Waals surface area contributed by atoms with Gasteiger partial charge in [-0.05, 0) is 29.7 Å². The highest BCUT2D eigenvalue weighted by Gasteiger charge is 2.51. The number of nitrogen functional groups attached to an aromatic ring is 1. The van der Waals surface area contributed by atoms with E-state index in [1.165, 1.54) is 12.7 Å². The molecule has 4 saturated heterocycles. The number of nitrogens with zero attached hydrogens (tertiary/aromatic N) is 5. The number of carbonyl (C=O) groups excluding carboxylic acids is 1. The van der Waals surface area contributed by atoms with E-state index in [9.17, 15) is 9.69 Å². The molecule has 0 radical (unpaired) electrons. The molecule has 17 nitrogen and oxygen atoms in total. The van der Waals surface area contributed by atoms with Gasteiger partial charge in [-0.1, -0.05) is 12.2 Å². The fraction of sp³-hybridized carbons (Fsp3) is 0.619. The van der Waals surface area contributed by atoms with Crippen molar-refractivity contribution in [2.45, 2.75) is 68.2 Å². The molecule has 5 aliphatic heterocycles. The highest BCUT2D eigenvalue weighted by atomic mass is 32.9. The van der Waals surface area contributed by atoms with Crippen molar-refractivity contribution in [3.63, 3.8) is 0 Å². The van der Waals surface area contributed by atoms with Gasteiger partial charge in [-0.25, -0.2) is 9.97 Å². The Hall–Kier alpha value is -1.35. The van der Waals surface area contributed by atoms with Crippen molar-refractivity contribution in [2.24, 2.45) is 10.7 Å². The SMILES string of the molecule is Nc1ncnc2c1ccn2[C@H]1C[C@@H]2OP(=S)(S)OC[C@@H]3C[C@@H](OP(O)(=S)OC[C@H]2O1)[C@H](N1C=NC2C(=O)NC(N)NC21)O3. The summed E-state index contributed by atoms with van der Waals surface area (Å²) in [6.07, 6.45) is -0.0887. The number of anilines is 1. The molecule has 7 rings (SSSR count). The second-order valence-corrected chi connectivity index (χ2v) is 18.6. The van der Waals surface area contributed by atoms with Crippen molar-refractivity contribution in [2.75, 3.05) is 18.9 Å². The lowest BCUT2D eigenvalue weighted by Crippen LogP contribution is -2.70. The molecule has 234 valence electrons. The van der Waals surface area contributed by atoms with Crippen LogP contribution in [0.4, 0.5) is 5.82 Å². The summed E-state index contributed by atoms with van der Waals surface area (Å²) >= 11 is 15.6. The van der Waals surface area contributed by atoms with Crippen molar-refractivity contribution in [1.29, 1.82) is 0 Å². The van der Waals surface area contributed by atoms with E-state index in [1.807, 2.05) is 4.57 Å². The first-order valence-corrected chi connectivity index (χ1v) is 19.7. The lowest BCUT2D eigenvalue weighted by molar-refractivity contribution is -0.130. The fourth-order valence-corrected chi connectivity index (χ4v) is 9.33. The van der Waals surface area contributed by atoms with Crippen LogP contribution in [0.2, 0.25) is 0 Å². The van der Waals surface area contributed by atoms with Crippen molar-refractivity contribution in [3.8, 4) is 0 Å². The lowest BCUT2D eigenvalue weighted by atomic mass is 10.1. The average Bonchev–Trinajstić information content (AvgIpc) is 3.71. The molecular formula is C21H29N9O8P2S3. The standard InChI is InChI=1S/C21H29N9O8P2S3/c22-16-10-1-2-29(17(10)25-7-24-16)14-4-11-13(36-14)6-33-39(32,41)37-12-3-9(5-34-40(42,43)38-11)35-20(12)30-8-26-15-18(30)27-21(23)28-19(15)31/h1-2,7-9,11-15,18,20-21,27H,3-6,23H2,(H,28,31)(H,32,41)(H,42,43)(H2,22,24,25)/t9-,11-,12+,13+,14+,15?,18?,20+,21?,39?/m0/s1. The lowest BCUT2D eigenvalue weighted by Gasteiger charge is -2.39. The highest BCUT2D eigenvalue weighted by Crippen LogP contribution is 2.58. The van der Waals surface area contributed by atoms with E-state index < -0.39 is 67.8 Å². The van der Waals surface area contributed by atoms with E-state index in [2.05, 4.69) is 37.8 Å². The molecule has 0 aliphatic carbocycles. The number of hydrogen-bond donors (Lipinski definition) is 6. The number of aromatic nitrogens is 3. The number of aliphatic imine (C=N–C) groups is 1. The molecule has 2 aromatic rings. The number of thiol groups is 1. The molecule has 1 amide bonds. The Balaban J connectivity index is 1.12. The Kier molecular flexibility index (Phi) is 8.08. The summed E-state index contributed by atoms with van der Waals surface area (Å²) in [5, 5.41) is 6.36. The zero-order valence-electron chi connectivity index (χ0n) is 22.2. The number of nitrogens with two attached hydrogens (primary N) is 2. The Labute approximate surface area is 260 Å². The molecule has 5 unspecified atom stereocenters. The molecular weight excluding hydrogens is 664 g/mol. The van der Waals surface area contributed by atoms with Crippen LogP contribution in [-0.4, -0.2) is 98.9 Å². The third-order valence-electron chi connectivity index (χ3n) is 7.73. The molecule has 7 N–H and O–H groups in total. The predicted octanol–water partition coefficient (Wildman–Crippen LogP) is -0.395. The number of fused-ring (bicyclic) bond motifs is 5. The number of ether oxygens (including phenoxy) is 2. The van der Waals surface area contributed by atoms with Crippen LogP contribution in [0.5, 0.6) is 0 Å². The second kappa shape index (κ2) is 11.5. The number of rotatable bonds is 2. The van der Waals surface area contributed by atoms with Crippen LogP contribution in [0, 0.1) is 0 Å². The van der Waals surface area contributed by atoms with Crippen LogP contribution in [0.1, 0.15) is 19.1 Å². The minimum atomic E-state index is -3.84. The van der Waals surface area contributed by atoms with Gasteiger partial charge in [-0.2, -0.15) is 0 Å². The number of nitrogens with one attached hydrogen (secondary N) is 2. The molecule has 4 fully saturated rings. The third kappa shape index (κ3) is 5.99. The summed E-state index contributed by atoms with van der Waals surface area (Å²) in [5.74, 6) is 0.0155. The van der Waals surface area contributed by atoms with E-state index in [-0.39, 0.29) is 25.5 Å². The minimum absolute atomic E-state index is 0.0267. The molecule has 5 aliphatic rings. The first-order valence-electron chi connectivity index (χ1n) is 13.3. The van der Waals surface area contributed by atoms with E-state index in [0.717, 1.165) is 0 Å². The largest absolute Gasteiger partial charge is 0.383 e. The van der Waals surface area contributed by atoms with Gasteiger partial charge < -0.3 is 53.0 Å². The van der Waals surface area contributed by atoms with Gasteiger partial charge in [0.1, 0.15) is 48.7 Å². The van der Waals surface area contributed by atoms with Crippen molar-refractivity contribution < 1.29 is 37.3 Å². The Morgan fingerprint density at radius 2 is 1.95 bits per heavy atom. The van der Waals surface area contributed by atoms with Crippen molar-refractivity contribution in [3.05, 3.63) is 18.6 Å². The van der Waals surface area contributed by atoms with Crippen LogP contribution in [0.15, 0.2) is 23.6 Å². The normalized spacial score (nSPS) is 43.5. The van der Waals surface area contributed by atoms with E-state index in [0.29, 0.717) is 23.3 Å². The molecule has 0 saturated carbocycles. The van der Waals surface area contributed by atoms with Gasteiger partial charge in [0.2, 0.25) is 5.69 Å². The van der Waals surface area contributed by atoms with Crippen LogP contribution in [-0.2, 0) is 56.0 Å². The molecule has 7 heterocycles. The first-order chi connectivity index (χ1) is 20.5. The smallest absolute Gasteiger partial charge is 0.325 e. The molecule has 43 heavy (non-hydrogen) atoms. The van der Waals surface area contributed by atoms with Crippen LogP contribution >= 0.6 is 24.7 Å². The molecule has 0 spiro atoms. The van der Waals surface area contributed by atoms with Gasteiger partial charge in [-0.15, -0.1) is 0 Å². The van der Waals surface area contributed by atoms with Crippen LogP contribution < -0.4 is 22.1 Å². The van der Waals surface area contributed by atoms with E-state index in [4.69, 9.17) is 62.6 Å². The third-order valence-corrected chi connectivity index (χ3v) is 11.5. The summed E-state index contributed by atoms with van der Waals surface area (Å²) in [6, 6.07) is 1.05. The maximum absolute atomic E-state index is 12.4. The number of hydrogen-bond acceptors (Lipinski definition) is 16. The average molecular weight is 694 g/mol. The van der Waals surface area contributed by atoms with Gasteiger partial charge in [-0.3, -0.25) is 20.8 Å². The molecule has 11 atom stereocenters. The van der Waals surface area contributed by atoms with E-state index in [1.54, 1.807) is 17.2 Å². The monoisotopic (exact) mass is 693 g/mol. The summed E-state index contributed by atoms with van der Waals surface area (Å²) in [5.41, 5.74) is 9.41. The molecule has 22 heteroatoms. The molecule has 0 aromatic carbocycles. The van der Waals surface area contributed by atoms with Gasteiger partial charge in [0.05, 0.1) is 37.1 Å². The van der Waals surface area contributed by atoms with Crippen LogP contribution in [0.3, 0.4) is 0 Å². The minimum Gasteiger partial charge on any atom is -0.383 e. The maximum Gasteiger partial charge on any atom is 0.325 e. The predicted molar refractivity (Wildman–Crippen MR) is 162 cm³/mol. The van der Waals surface area contributed by atoms with Crippen LogP contribution in [0.25, 0.3) is 11.0 Å². The zero-order valence-corrected chi connectivity index (χ0v) is 26.5. The number of carbonyl (C=O) groups is 1. The topological polar surface area (TPSA) is 215 Å². The quantitative estimate of drug-likeness (QED) is 0.174. The van der Waals surface area contributed by atoms with Gasteiger partial charge >= 0.3 is 6.72 Å². The molecule has 2 bridgehead atoms. The maximum atomic E-state index is 12.4.